The molecule has 0 bridgehead atoms. The summed E-state index contributed by atoms with van der Waals surface area (Å²) in [6.45, 7) is 4.40. The number of carbonyl (C=O) groups excluding carboxylic acids is 2. The molecule has 0 unspecified atom stereocenters. The van der Waals surface area contributed by atoms with Crippen LogP contribution in [-0.2, 0) is 4.79 Å². The third kappa shape index (κ3) is 4.12. The van der Waals surface area contributed by atoms with Crippen LogP contribution in [-0.4, -0.2) is 40.6 Å². The summed E-state index contributed by atoms with van der Waals surface area (Å²) in [6.07, 6.45) is 0. The van der Waals surface area contributed by atoms with Crippen LogP contribution in [0.25, 0.3) is 21.3 Å². The normalized spacial score (nSPS) is 13.1. The summed E-state index contributed by atoms with van der Waals surface area (Å²) in [5, 5.41) is 2.89. The second kappa shape index (κ2) is 9.08. The van der Waals surface area contributed by atoms with E-state index in [0.717, 1.165) is 16.7 Å². The van der Waals surface area contributed by atoms with Crippen LogP contribution < -0.4 is 15.2 Å². The van der Waals surface area contributed by atoms with Crippen molar-refractivity contribution in [2.75, 3.05) is 23.8 Å². The number of hydrogen-bond donors (Lipinski definition) is 1. The maximum atomic E-state index is 12.9. The molecule has 1 aliphatic rings. The lowest BCUT2D eigenvalue weighted by molar-refractivity contribution is -0.121. The first kappa shape index (κ1) is 22.4. The molecule has 0 saturated carbocycles. The fourth-order valence-corrected chi connectivity index (χ4v) is 5.64. The maximum absolute atomic E-state index is 12.9. The Labute approximate surface area is 203 Å². The van der Waals surface area contributed by atoms with Crippen LogP contribution in [0.4, 0.5) is 5.69 Å². The summed E-state index contributed by atoms with van der Waals surface area (Å²) in [5.74, 6) is 0.426. The van der Waals surface area contributed by atoms with Crippen molar-refractivity contribution < 1.29 is 14.3 Å². The number of thiophene rings is 1. The average molecular weight is 492 g/mol. The molecule has 0 aliphatic carbocycles. The number of ketones is 1. The second-order valence-corrected chi connectivity index (χ2v) is 9.71. The van der Waals surface area contributed by atoms with Gasteiger partial charge in [0, 0.05) is 23.1 Å². The summed E-state index contributed by atoms with van der Waals surface area (Å²) < 4.78 is 5.47. The minimum Gasteiger partial charge on any atom is -0.482 e. The second-order valence-electron chi connectivity index (χ2n) is 7.89. The van der Waals surface area contributed by atoms with Gasteiger partial charge in [0.25, 0.3) is 11.5 Å². The number of thioether (sulfide) groups is 1. The van der Waals surface area contributed by atoms with Crippen LogP contribution in [0.3, 0.4) is 0 Å². The van der Waals surface area contributed by atoms with Gasteiger partial charge in [0.2, 0.25) is 0 Å². The van der Waals surface area contributed by atoms with Gasteiger partial charge in [-0.3, -0.25) is 14.4 Å². The van der Waals surface area contributed by atoms with Crippen molar-refractivity contribution in [1.82, 2.24) is 9.97 Å². The van der Waals surface area contributed by atoms with Gasteiger partial charge < -0.3 is 14.6 Å². The zero-order valence-electron chi connectivity index (χ0n) is 18.6. The zero-order valence-corrected chi connectivity index (χ0v) is 20.2. The molecular weight excluding hydrogens is 470 g/mol. The molecule has 0 radical (unpaired) electrons. The standard InChI is InChI=1S/C25H21N3O4S2/c1-3-28-18-10-16(8-9-20(18)32-11-21(28)30)19(29)13-34-25-26-23(31)22-17(12-33-24(22)27-25)15-6-4-14(2)5-7-15/h4-10,12H,3,11,13H2,1-2H3,(H,26,27,31). The fraction of sp³-hybridized carbons (Fsp3) is 0.200. The summed E-state index contributed by atoms with van der Waals surface area (Å²) >= 11 is 2.59. The molecule has 7 nitrogen and oxygen atoms in total. The van der Waals surface area contributed by atoms with E-state index in [2.05, 4.69) is 9.97 Å². The Balaban J connectivity index is 1.36. The molecule has 9 heteroatoms. The highest BCUT2D eigenvalue weighted by atomic mass is 32.2. The van der Waals surface area contributed by atoms with Crippen LogP contribution in [0.1, 0.15) is 22.8 Å². The van der Waals surface area contributed by atoms with Gasteiger partial charge in [0.15, 0.2) is 17.5 Å². The number of aromatic nitrogens is 2. The fourth-order valence-electron chi connectivity index (χ4n) is 3.88. The van der Waals surface area contributed by atoms with Crippen molar-refractivity contribution in [1.29, 1.82) is 0 Å². The SMILES string of the molecule is CCN1C(=O)COc2ccc(C(=O)CSc3nc4scc(-c5ccc(C)cc5)c4c(=O)[nH]3)cc21. The van der Waals surface area contributed by atoms with Gasteiger partial charge in [-0.2, -0.15) is 0 Å². The maximum Gasteiger partial charge on any atom is 0.265 e. The smallest absolute Gasteiger partial charge is 0.265 e. The van der Waals surface area contributed by atoms with E-state index in [9.17, 15) is 14.4 Å². The number of hydrogen-bond acceptors (Lipinski definition) is 7. The summed E-state index contributed by atoms with van der Waals surface area (Å²) in [7, 11) is 0. The largest absolute Gasteiger partial charge is 0.482 e. The first-order valence-electron chi connectivity index (χ1n) is 10.8. The minimum atomic E-state index is -0.222. The zero-order chi connectivity index (χ0) is 23.8. The third-order valence-electron chi connectivity index (χ3n) is 5.66. The number of ether oxygens (including phenoxy) is 1. The lowest BCUT2D eigenvalue weighted by atomic mass is 10.1. The molecule has 34 heavy (non-hydrogen) atoms. The Hall–Kier alpha value is -3.43. The highest BCUT2D eigenvalue weighted by Gasteiger charge is 2.25. The number of anilines is 1. The van der Waals surface area contributed by atoms with Gasteiger partial charge in [0.05, 0.1) is 16.8 Å². The molecule has 0 fully saturated rings. The first-order valence-corrected chi connectivity index (χ1v) is 12.6. The van der Waals surface area contributed by atoms with E-state index in [-0.39, 0.29) is 29.6 Å². The van der Waals surface area contributed by atoms with E-state index in [1.807, 2.05) is 43.5 Å². The molecule has 1 aliphatic heterocycles. The number of benzene rings is 2. The van der Waals surface area contributed by atoms with Gasteiger partial charge >= 0.3 is 0 Å². The third-order valence-corrected chi connectivity index (χ3v) is 7.41. The van der Waals surface area contributed by atoms with Crippen molar-refractivity contribution in [3.8, 4) is 16.9 Å². The molecule has 1 N–H and O–H groups in total. The number of nitrogens with zero attached hydrogens (tertiary/aromatic N) is 2. The molecule has 3 heterocycles. The Kier molecular flexibility index (Phi) is 5.97. The number of nitrogens with one attached hydrogen (secondary N) is 1. The van der Waals surface area contributed by atoms with Crippen molar-refractivity contribution in [2.24, 2.45) is 0 Å². The molecule has 1 amide bonds. The number of H-pyrrole nitrogens is 1. The first-order chi connectivity index (χ1) is 16.4. The minimum absolute atomic E-state index is 0.000156. The number of aryl methyl sites for hydroxylation is 1. The summed E-state index contributed by atoms with van der Waals surface area (Å²) in [5.41, 5.74) is 3.83. The van der Waals surface area contributed by atoms with E-state index in [0.29, 0.717) is 38.9 Å². The molecule has 2 aromatic carbocycles. The van der Waals surface area contributed by atoms with Gasteiger partial charge in [0.1, 0.15) is 10.6 Å². The number of fused-ring (bicyclic) bond motifs is 2. The molecule has 0 atom stereocenters. The van der Waals surface area contributed by atoms with Crippen LogP contribution in [0.15, 0.2) is 57.8 Å². The number of aromatic amines is 1. The van der Waals surface area contributed by atoms with Gasteiger partial charge in [-0.25, -0.2) is 4.98 Å². The van der Waals surface area contributed by atoms with Crippen molar-refractivity contribution in [2.45, 2.75) is 19.0 Å². The Morgan fingerprint density at radius 3 is 2.76 bits per heavy atom. The highest BCUT2D eigenvalue weighted by Crippen LogP contribution is 2.34. The van der Waals surface area contributed by atoms with E-state index < -0.39 is 0 Å². The van der Waals surface area contributed by atoms with Gasteiger partial charge in [-0.1, -0.05) is 41.6 Å². The number of carbonyl (C=O) groups is 2. The lowest BCUT2D eigenvalue weighted by Crippen LogP contribution is -2.38. The molecule has 0 spiro atoms. The van der Waals surface area contributed by atoms with Crippen molar-refractivity contribution >= 4 is 50.7 Å². The molecule has 2 aromatic heterocycles. The quantitative estimate of drug-likeness (QED) is 0.239. The topological polar surface area (TPSA) is 92.4 Å². The summed E-state index contributed by atoms with van der Waals surface area (Å²) in [4.78, 5) is 47.5. The molecule has 5 rings (SSSR count). The lowest BCUT2D eigenvalue weighted by Gasteiger charge is -2.28. The predicted molar refractivity (Wildman–Crippen MR) is 135 cm³/mol. The Morgan fingerprint density at radius 2 is 2.00 bits per heavy atom. The summed E-state index contributed by atoms with van der Waals surface area (Å²) in [6, 6.07) is 13.1. The van der Waals surface area contributed by atoms with Crippen molar-refractivity contribution in [3.63, 3.8) is 0 Å². The number of likely N-dealkylation sites (N-methyl/N-ethyl adjacent to an activating group) is 1. The molecule has 172 valence electrons. The highest BCUT2D eigenvalue weighted by molar-refractivity contribution is 7.99. The number of Topliss-reactive ketones (excluding diaryl/α,β-unsaturated/α-hetero) is 1. The van der Waals surface area contributed by atoms with E-state index in [4.69, 9.17) is 4.74 Å². The van der Waals surface area contributed by atoms with Crippen LogP contribution in [0.2, 0.25) is 0 Å². The molecular formula is C25H21N3O4S2. The van der Waals surface area contributed by atoms with E-state index >= 15 is 0 Å². The van der Waals surface area contributed by atoms with Crippen molar-refractivity contribution in [3.05, 3.63) is 69.3 Å². The van der Waals surface area contributed by atoms with Crippen LogP contribution in [0, 0.1) is 6.92 Å². The monoisotopic (exact) mass is 491 g/mol. The van der Waals surface area contributed by atoms with Gasteiger partial charge in [-0.15, -0.1) is 11.3 Å². The van der Waals surface area contributed by atoms with E-state index in [1.165, 1.54) is 23.1 Å². The number of amides is 1. The average Bonchev–Trinajstić information content (AvgIpc) is 3.27. The Bertz CT molecular complexity index is 1470. The molecule has 0 saturated heterocycles. The van der Waals surface area contributed by atoms with Crippen LogP contribution in [0.5, 0.6) is 5.75 Å². The molecule has 4 aromatic rings. The van der Waals surface area contributed by atoms with Gasteiger partial charge in [-0.05, 0) is 37.6 Å². The Morgan fingerprint density at radius 1 is 1.21 bits per heavy atom. The van der Waals surface area contributed by atoms with E-state index in [1.54, 1.807) is 23.1 Å². The van der Waals surface area contributed by atoms with Crippen LogP contribution >= 0.6 is 23.1 Å². The number of rotatable bonds is 6. The predicted octanol–water partition coefficient (Wildman–Crippen LogP) is 4.68.